The van der Waals surface area contributed by atoms with Crippen LogP contribution < -0.4 is 10.6 Å². The molecule has 1 aliphatic rings. The molecule has 15 heavy (non-hydrogen) atoms. The summed E-state index contributed by atoms with van der Waals surface area (Å²) < 4.78 is 0. The van der Waals surface area contributed by atoms with Gasteiger partial charge in [0.15, 0.2) is 0 Å². The summed E-state index contributed by atoms with van der Waals surface area (Å²) in [4.78, 5) is 11.2. The summed E-state index contributed by atoms with van der Waals surface area (Å²) in [7, 11) is 0. The monoisotopic (exact) mass is 214 g/mol. The fraction of sp³-hybridized carbons (Fsp3) is 0.909. The number of rotatable bonds is 6. The molecule has 1 saturated heterocycles. The highest BCUT2D eigenvalue weighted by Gasteiger charge is 2.12. The molecule has 0 bridgehead atoms. The summed E-state index contributed by atoms with van der Waals surface area (Å²) in [6.07, 6.45) is 6.46. The standard InChI is InChI=1S/C11H22N2O2/c14-9-8-13-11(15)6-3-5-10-4-1-2-7-12-10/h10,12,14H,1-9H2,(H,13,15). The van der Waals surface area contributed by atoms with Crippen LogP contribution in [0.15, 0.2) is 0 Å². The van der Waals surface area contributed by atoms with Crippen LogP contribution in [-0.4, -0.2) is 36.8 Å². The Balaban J connectivity index is 1.97. The van der Waals surface area contributed by atoms with E-state index in [1.54, 1.807) is 0 Å². The largest absolute Gasteiger partial charge is 0.395 e. The van der Waals surface area contributed by atoms with Gasteiger partial charge < -0.3 is 15.7 Å². The van der Waals surface area contributed by atoms with Crippen LogP contribution >= 0.6 is 0 Å². The minimum atomic E-state index is 0.0237. The number of aliphatic hydroxyl groups excluding tert-OH is 1. The highest BCUT2D eigenvalue weighted by molar-refractivity contribution is 5.75. The van der Waals surface area contributed by atoms with Crippen LogP contribution in [0, 0.1) is 0 Å². The highest BCUT2D eigenvalue weighted by Crippen LogP contribution is 2.12. The Bertz CT molecular complexity index is 179. The Morgan fingerprint density at radius 1 is 1.47 bits per heavy atom. The molecule has 0 aromatic carbocycles. The molecule has 4 nitrogen and oxygen atoms in total. The van der Waals surface area contributed by atoms with Gasteiger partial charge in [0.25, 0.3) is 0 Å². The van der Waals surface area contributed by atoms with Crippen LogP contribution in [0.4, 0.5) is 0 Å². The Morgan fingerprint density at radius 2 is 2.33 bits per heavy atom. The number of piperidine rings is 1. The van der Waals surface area contributed by atoms with Gasteiger partial charge in [-0.2, -0.15) is 0 Å². The first-order chi connectivity index (χ1) is 7.33. The summed E-state index contributed by atoms with van der Waals surface area (Å²) in [6.45, 7) is 1.53. The van der Waals surface area contributed by atoms with Gasteiger partial charge in [0.2, 0.25) is 5.91 Å². The number of hydrogen-bond acceptors (Lipinski definition) is 3. The van der Waals surface area contributed by atoms with Crippen molar-refractivity contribution in [3.8, 4) is 0 Å². The van der Waals surface area contributed by atoms with E-state index in [-0.39, 0.29) is 12.5 Å². The molecule has 1 amide bonds. The molecule has 1 fully saturated rings. The van der Waals surface area contributed by atoms with Crippen molar-refractivity contribution in [2.24, 2.45) is 0 Å². The summed E-state index contributed by atoms with van der Waals surface area (Å²) in [5.74, 6) is 0.0554. The predicted octanol–water partition coefficient (Wildman–Crippen LogP) is 0.407. The van der Waals surface area contributed by atoms with Gasteiger partial charge >= 0.3 is 0 Å². The zero-order valence-corrected chi connectivity index (χ0v) is 9.30. The van der Waals surface area contributed by atoms with Gasteiger partial charge in [0.05, 0.1) is 6.61 Å². The van der Waals surface area contributed by atoms with E-state index >= 15 is 0 Å². The highest BCUT2D eigenvalue weighted by atomic mass is 16.3. The number of carbonyl (C=O) groups excluding carboxylic acids is 1. The molecule has 4 heteroatoms. The number of amides is 1. The van der Waals surface area contributed by atoms with E-state index in [1.807, 2.05) is 0 Å². The van der Waals surface area contributed by atoms with Crippen molar-refractivity contribution in [2.45, 2.75) is 44.6 Å². The van der Waals surface area contributed by atoms with Gasteiger partial charge in [0.1, 0.15) is 0 Å². The average Bonchev–Trinajstić information content (AvgIpc) is 2.28. The van der Waals surface area contributed by atoms with Crippen molar-refractivity contribution in [3.05, 3.63) is 0 Å². The third-order valence-electron chi connectivity index (χ3n) is 2.80. The van der Waals surface area contributed by atoms with Crippen molar-refractivity contribution >= 4 is 5.91 Å². The molecular weight excluding hydrogens is 192 g/mol. The lowest BCUT2D eigenvalue weighted by Gasteiger charge is -2.23. The Kier molecular flexibility index (Phi) is 6.36. The van der Waals surface area contributed by atoms with E-state index in [1.165, 1.54) is 19.3 Å². The Hall–Kier alpha value is -0.610. The first kappa shape index (κ1) is 12.5. The van der Waals surface area contributed by atoms with E-state index in [2.05, 4.69) is 10.6 Å². The zero-order chi connectivity index (χ0) is 10.9. The first-order valence-corrected chi connectivity index (χ1v) is 5.94. The average molecular weight is 214 g/mol. The molecule has 88 valence electrons. The summed E-state index contributed by atoms with van der Waals surface area (Å²) >= 11 is 0. The fourth-order valence-corrected chi connectivity index (χ4v) is 1.96. The lowest BCUT2D eigenvalue weighted by atomic mass is 10.00. The van der Waals surface area contributed by atoms with Crippen LogP contribution in [0.2, 0.25) is 0 Å². The summed E-state index contributed by atoms with van der Waals surface area (Å²) in [5.41, 5.74) is 0. The number of hydrogen-bond donors (Lipinski definition) is 3. The first-order valence-electron chi connectivity index (χ1n) is 5.94. The topological polar surface area (TPSA) is 61.4 Å². The Labute approximate surface area is 91.4 Å². The predicted molar refractivity (Wildman–Crippen MR) is 59.6 cm³/mol. The molecule has 0 radical (unpaired) electrons. The number of nitrogens with one attached hydrogen (secondary N) is 2. The minimum Gasteiger partial charge on any atom is -0.395 e. The molecule has 1 heterocycles. The third-order valence-corrected chi connectivity index (χ3v) is 2.80. The molecule has 1 unspecified atom stereocenters. The number of aliphatic hydroxyl groups is 1. The van der Waals surface area contributed by atoms with Crippen LogP contribution in [0.3, 0.4) is 0 Å². The van der Waals surface area contributed by atoms with Gasteiger partial charge in [-0.1, -0.05) is 6.42 Å². The van der Waals surface area contributed by atoms with Crippen molar-refractivity contribution in [1.82, 2.24) is 10.6 Å². The molecule has 0 spiro atoms. The van der Waals surface area contributed by atoms with Crippen LogP contribution in [0.25, 0.3) is 0 Å². The number of carbonyl (C=O) groups is 1. The SMILES string of the molecule is O=C(CCCC1CCCCN1)NCCO. The fourth-order valence-electron chi connectivity index (χ4n) is 1.96. The third kappa shape index (κ3) is 5.74. The van der Waals surface area contributed by atoms with E-state index in [0.29, 0.717) is 19.0 Å². The normalized spacial score (nSPS) is 21.3. The maximum Gasteiger partial charge on any atom is 0.220 e. The maximum absolute atomic E-state index is 11.2. The molecule has 0 saturated carbocycles. The van der Waals surface area contributed by atoms with E-state index in [9.17, 15) is 4.79 Å². The smallest absolute Gasteiger partial charge is 0.220 e. The van der Waals surface area contributed by atoms with E-state index < -0.39 is 0 Å². The van der Waals surface area contributed by atoms with Crippen LogP contribution in [-0.2, 0) is 4.79 Å². The van der Waals surface area contributed by atoms with Gasteiger partial charge in [-0.3, -0.25) is 4.79 Å². The summed E-state index contributed by atoms with van der Waals surface area (Å²) in [6, 6.07) is 0.615. The van der Waals surface area contributed by atoms with Crippen molar-refractivity contribution < 1.29 is 9.90 Å². The van der Waals surface area contributed by atoms with Crippen molar-refractivity contribution in [3.63, 3.8) is 0 Å². The van der Waals surface area contributed by atoms with Crippen molar-refractivity contribution in [1.29, 1.82) is 0 Å². The molecule has 0 aromatic heterocycles. The van der Waals surface area contributed by atoms with Gasteiger partial charge in [0, 0.05) is 19.0 Å². The van der Waals surface area contributed by atoms with Gasteiger partial charge in [-0.15, -0.1) is 0 Å². The second-order valence-electron chi connectivity index (χ2n) is 4.11. The second-order valence-corrected chi connectivity index (χ2v) is 4.11. The minimum absolute atomic E-state index is 0.0237. The maximum atomic E-state index is 11.2. The lowest BCUT2D eigenvalue weighted by molar-refractivity contribution is -0.121. The van der Waals surface area contributed by atoms with Crippen LogP contribution in [0.5, 0.6) is 0 Å². The zero-order valence-electron chi connectivity index (χ0n) is 9.30. The van der Waals surface area contributed by atoms with Crippen LogP contribution in [0.1, 0.15) is 38.5 Å². The molecule has 1 rings (SSSR count). The summed E-state index contributed by atoms with van der Waals surface area (Å²) in [5, 5.41) is 14.6. The molecule has 0 aromatic rings. The molecule has 0 aliphatic carbocycles. The molecule has 1 atom stereocenters. The molecule has 1 aliphatic heterocycles. The molecular formula is C11H22N2O2. The van der Waals surface area contributed by atoms with E-state index in [4.69, 9.17) is 5.11 Å². The van der Waals surface area contributed by atoms with Gasteiger partial charge in [-0.25, -0.2) is 0 Å². The molecule has 3 N–H and O–H groups in total. The second kappa shape index (κ2) is 7.65. The van der Waals surface area contributed by atoms with Crippen molar-refractivity contribution in [2.75, 3.05) is 19.7 Å². The Morgan fingerprint density at radius 3 is 3.00 bits per heavy atom. The quantitative estimate of drug-likeness (QED) is 0.600. The lowest BCUT2D eigenvalue weighted by Crippen LogP contribution is -2.34. The van der Waals surface area contributed by atoms with Gasteiger partial charge in [-0.05, 0) is 32.2 Å². The van der Waals surface area contributed by atoms with E-state index in [0.717, 1.165) is 19.4 Å².